The van der Waals surface area contributed by atoms with Crippen molar-refractivity contribution in [3.63, 3.8) is 0 Å². The minimum Gasteiger partial charge on any atom is -0.406 e. The fraction of sp³-hybridized carbons (Fsp3) is 0.300. The highest BCUT2D eigenvalue weighted by Gasteiger charge is 2.06. The van der Waals surface area contributed by atoms with Gasteiger partial charge in [0.2, 0.25) is 5.69 Å². The SMILES string of the molecule is [C-]#[N+]c1cc(Br)cc(NCCCO)c1N. The Kier molecular flexibility index (Phi) is 4.40. The number of hydrogen-bond donors (Lipinski definition) is 3. The van der Waals surface area contributed by atoms with E-state index >= 15 is 0 Å². The van der Waals surface area contributed by atoms with E-state index in [0.29, 0.717) is 24.3 Å². The summed E-state index contributed by atoms with van der Waals surface area (Å²) < 4.78 is 0.814. The number of hydrogen-bond acceptors (Lipinski definition) is 3. The van der Waals surface area contributed by atoms with E-state index in [-0.39, 0.29) is 6.61 Å². The summed E-state index contributed by atoms with van der Waals surface area (Å²) in [5.74, 6) is 0. The second kappa shape index (κ2) is 5.59. The van der Waals surface area contributed by atoms with E-state index in [0.717, 1.165) is 10.2 Å². The monoisotopic (exact) mass is 269 g/mol. The van der Waals surface area contributed by atoms with E-state index < -0.39 is 0 Å². The number of nitrogens with two attached hydrogens (primary N) is 1. The van der Waals surface area contributed by atoms with Crippen LogP contribution >= 0.6 is 15.9 Å². The van der Waals surface area contributed by atoms with Gasteiger partial charge in [-0.2, -0.15) is 0 Å². The maximum absolute atomic E-state index is 8.64. The molecule has 0 heterocycles. The molecular weight excluding hydrogens is 258 g/mol. The summed E-state index contributed by atoms with van der Waals surface area (Å²) in [5.41, 5.74) is 7.39. The van der Waals surface area contributed by atoms with Gasteiger partial charge in [-0.1, -0.05) is 15.9 Å². The molecule has 0 aliphatic rings. The van der Waals surface area contributed by atoms with Crippen LogP contribution in [-0.4, -0.2) is 18.3 Å². The number of halogens is 1. The minimum atomic E-state index is 0.136. The Labute approximate surface area is 97.0 Å². The maximum Gasteiger partial charge on any atom is 0.212 e. The van der Waals surface area contributed by atoms with Crippen LogP contribution in [0.4, 0.5) is 17.1 Å². The standard InChI is InChI=1S/C10H12BrN3O/c1-13-8-5-7(11)6-9(10(8)12)14-3-2-4-15/h5-6,14-15H,2-4,12H2. The van der Waals surface area contributed by atoms with Gasteiger partial charge < -0.3 is 16.2 Å². The molecule has 0 aromatic heterocycles. The van der Waals surface area contributed by atoms with Crippen molar-refractivity contribution < 1.29 is 5.11 Å². The van der Waals surface area contributed by atoms with Crippen molar-refractivity contribution in [2.75, 3.05) is 24.2 Å². The lowest BCUT2D eigenvalue weighted by Gasteiger charge is -2.10. The molecule has 0 aliphatic carbocycles. The first kappa shape index (κ1) is 11.8. The van der Waals surface area contributed by atoms with Crippen LogP contribution in [0, 0.1) is 6.57 Å². The Morgan fingerprint density at radius 3 is 2.87 bits per heavy atom. The molecule has 0 spiro atoms. The summed E-state index contributed by atoms with van der Waals surface area (Å²) in [6.45, 7) is 7.72. The predicted molar refractivity (Wildman–Crippen MR) is 65.0 cm³/mol. The largest absolute Gasteiger partial charge is 0.406 e. The summed E-state index contributed by atoms with van der Waals surface area (Å²) in [4.78, 5) is 3.33. The van der Waals surface area contributed by atoms with Gasteiger partial charge in [0.15, 0.2) is 0 Å². The number of benzene rings is 1. The molecule has 0 saturated carbocycles. The first-order chi connectivity index (χ1) is 7.19. The third kappa shape index (κ3) is 3.11. The molecular formula is C10H12BrN3O. The quantitative estimate of drug-likeness (QED) is 0.447. The van der Waals surface area contributed by atoms with Crippen molar-refractivity contribution in [1.82, 2.24) is 0 Å². The smallest absolute Gasteiger partial charge is 0.212 e. The van der Waals surface area contributed by atoms with Crippen LogP contribution in [0.2, 0.25) is 0 Å². The first-order valence-electron chi connectivity index (χ1n) is 4.50. The van der Waals surface area contributed by atoms with Crippen LogP contribution in [0.5, 0.6) is 0 Å². The fourth-order valence-electron chi connectivity index (χ4n) is 1.14. The predicted octanol–water partition coefficient (Wildman–Crippen LogP) is 2.38. The molecule has 0 fully saturated rings. The molecule has 15 heavy (non-hydrogen) atoms. The summed E-state index contributed by atoms with van der Waals surface area (Å²) in [5, 5.41) is 11.7. The highest BCUT2D eigenvalue weighted by molar-refractivity contribution is 9.10. The van der Waals surface area contributed by atoms with Crippen LogP contribution in [-0.2, 0) is 0 Å². The Balaban J connectivity index is 2.88. The summed E-state index contributed by atoms with van der Waals surface area (Å²) in [6.07, 6.45) is 0.652. The van der Waals surface area contributed by atoms with Crippen molar-refractivity contribution in [3.8, 4) is 0 Å². The topological polar surface area (TPSA) is 62.6 Å². The molecule has 0 unspecified atom stereocenters. The van der Waals surface area contributed by atoms with Crippen molar-refractivity contribution in [3.05, 3.63) is 28.0 Å². The van der Waals surface area contributed by atoms with Crippen LogP contribution in [0.1, 0.15) is 6.42 Å². The van der Waals surface area contributed by atoms with E-state index in [2.05, 4.69) is 26.1 Å². The third-order valence-electron chi connectivity index (χ3n) is 1.89. The van der Waals surface area contributed by atoms with E-state index in [4.69, 9.17) is 17.4 Å². The number of aliphatic hydroxyl groups is 1. The summed E-state index contributed by atoms with van der Waals surface area (Å²) in [7, 11) is 0. The zero-order valence-electron chi connectivity index (χ0n) is 8.13. The lowest BCUT2D eigenvalue weighted by Crippen LogP contribution is -2.05. The molecule has 4 nitrogen and oxygen atoms in total. The van der Waals surface area contributed by atoms with Gasteiger partial charge in [0.25, 0.3) is 0 Å². The number of nitrogens with zero attached hydrogens (tertiary/aromatic N) is 1. The van der Waals surface area contributed by atoms with Gasteiger partial charge in [-0.25, -0.2) is 4.85 Å². The molecule has 1 rings (SSSR count). The molecule has 1 aromatic carbocycles. The first-order valence-corrected chi connectivity index (χ1v) is 5.29. The van der Waals surface area contributed by atoms with Crippen molar-refractivity contribution >= 4 is 33.0 Å². The Morgan fingerprint density at radius 2 is 2.27 bits per heavy atom. The van der Waals surface area contributed by atoms with Gasteiger partial charge in [0.1, 0.15) is 0 Å². The van der Waals surface area contributed by atoms with E-state index in [1.165, 1.54) is 0 Å². The van der Waals surface area contributed by atoms with Crippen molar-refractivity contribution in [1.29, 1.82) is 0 Å². The van der Waals surface area contributed by atoms with E-state index in [1.54, 1.807) is 6.07 Å². The van der Waals surface area contributed by atoms with Gasteiger partial charge in [0, 0.05) is 23.3 Å². The van der Waals surface area contributed by atoms with E-state index in [1.807, 2.05) is 6.07 Å². The lowest BCUT2D eigenvalue weighted by molar-refractivity contribution is 0.292. The number of nitrogen functional groups attached to an aromatic ring is 1. The van der Waals surface area contributed by atoms with Crippen LogP contribution < -0.4 is 11.1 Å². The number of nitrogens with one attached hydrogen (secondary N) is 1. The molecule has 4 N–H and O–H groups in total. The second-order valence-electron chi connectivity index (χ2n) is 3.00. The average Bonchev–Trinajstić information content (AvgIpc) is 2.23. The Morgan fingerprint density at radius 1 is 1.53 bits per heavy atom. The molecule has 0 bridgehead atoms. The number of aliphatic hydroxyl groups excluding tert-OH is 1. The van der Waals surface area contributed by atoms with Crippen LogP contribution in [0.3, 0.4) is 0 Å². The summed E-state index contributed by atoms with van der Waals surface area (Å²) in [6, 6.07) is 3.50. The molecule has 80 valence electrons. The van der Waals surface area contributed by atoms with Gasteiger partial charge in [-0.15, -0.1) is 0 Å². The van der Waals surface area contributed by atoms with Gasteiger partial charge in [-0.3, -0.25) is 0 Å². The molecule has 0 saturated heterocycles. The number of rotatable bonds is 4. The maximum atomic E-state index is 8.64. The third-order valence-corrected chi connectivity index (χ3v) is 2.35. The minimum absolute atomic E-state index is 0.136. The fourth-order valence-corrected chi connectivity index (χ4v) is 1.59. The molecule has 0 radical (unpaired) electrons. The van der Waals surface area contributed by atoms with Gasteiger partial charge in [0.05, 0.1) is 12.3 Å². The average molecular weight is 270 g/mol. The van der Waals surface area contributed by atoms with E-state index in [9.17, 15) is 0 Å². The normalized spacial score (nSPS) is 9.67. The molecule has 1 aromatic rings. The zero-order chi connectivity index (χ0) is 11.3. The second-order valence-corrected chi connectivity index (χ2v) is 3.92. The zero-order valence-corrected chi connectivity index (χ0v) is 9.71. The Bertz CT molecular complexity index is 387. The number of anilines is 2. The molecule has 5 heteroatoms. The highest BCUT2D eigenvalue weighted by atomic mass is 79.9. The summed E-state index contributed by atoms with van der Waals surface area (Å²) >= 11 is 3.31. The molecule has 0 amide bonds. The highest BCUT2D eigenvalue weighted by Crippen LogP contribution is 2.33. The van der Waals surface area contributed by atoms with Crippen molar-refractivity contribution in [2.45, 2.75) is 6.42 Å². The molecule has 0 atom stereocenters. The van der Waals surface area contributed by atoms with Crippen LogP contribution in [0.25, 0.3) is 4.85 Å². The Hall–Kier alpha value is -1.25. The lowest BCUT2D eigenvalue weighted by atomic mass is 10.2. The van der Waals surface area contributed by atoms with Crippen LogP contribution in [0.15, 0.2) is 16.6 Å². The van der Waals surface area contributed by atoms with Gasteiger partial charge in [-0.05, 0) is 18.6 Å². The van der Waals surface area contributed by atoms with Gasteiger partial charge >= 0.3 is 0 Å². The molecule has 0 aliphatic heterocycles. The van der Waals surface area contributed by atoms with Crippen molar-refractivity contribution in [2.24, 2.45) is 0 Å².